The van der Waals surface area contributed by atoms with E-state index in [1.165, 1.54) is 6.07 Å². The van der Waals surface area contributed by atoms with Gasteiger partial charge < -0.3 is 9.73 Å². The molecule has 1 N–H and O–H groups in total. The van der Waals surface area contributed by atoms with Gasteiger partial charge in [0.2, 0.25) is 0 Å². The fraction of sp³-hybridized carbons (Fsp3) is 0.308. The van der Waals surface area contributed by atoms with Crippen molar-refractivity contribution in [1.82, 2.24) is 4.98 Å². The van der Waals surface area contributed by atoms with Crippen LogP contribution >= 0.6 is 0 Å². The molecule has 0 aliphatic carbocycles. The highest BCUT2D eigenvalue weighted by atomic mass is 19.1. The number of nitrogens with zero attached hydrogens (tertiary/aromatic N) is 1. The maximum atomic E-state index is 13.0. The molecule has 17 heavy (non-hydrogen) atoms. The Morgan fingerprint density at radius 1 is 1.35 bits per heavy atom. The highest BCUT2D eigenvalue weighted by Crippen LogP contribution is 2.16. The lowest BCUT2D eigenvalue weighted by Crippen LogP contribution is -1.92. The van der Waals surface area contributed by atoms with E-state index in [2.05, 4.69) is 10.3 Å². The molecule has 0 atom stereocenters. The van der Waals surface area contributed by atoms with E-state index in [9.17, 15) is 4.39 Å². The topological polar surface area (TPSA) is 38.1 Å². The molecular weight excluding hydrogens is 219 g/mol. The summed E-state index contributed by atoms with van der Waals surface area (Å²) in [5.41, 5.74) is 1.84. The average Bonchev–Trinajstić information content (AvgIpc) is 2.68. The third kappa shape index (κ3) is 2.84. The van der Waals surface area contributed by atoms with Crippen LogP contribution in [0.2, 0.25) is 0 Å². The van der Waals surface area contributed by atoms with E-state index in [0.29, 0.717) is 6.01 Å². The van der Waals surface area contributed by atoms with Crippen molar-refractivity contribution < 1.29 is 8.81 Å². The molecule has 0 bridgehead atoms. The van der Waals surface area contributed by atoms with Crippen molar-refractivity contribution >= 4 is 6.01 Å². The first-order chi connectivity index (χ1) is 8.19. The zero-order valence-electron chi connectivity index (χ0n) is 9.96. The fourth-order valence-corrected chi connectivity index (χ4v) is 1.72. The van der Waals surface area contributed by atoms with E-state index in [0.717, 1.165) is 29.9 Å². The molecule has 1 aromatic carbocycles. The van der Waals surface area contributed by atoms with Crippen LogP contribution in [0.25, 0.3) is 0 Å². The van der Waals surface area contributed by atoms with Gasteiger partial charge in [-0.15, -0.1) is 0 Å². The number of rotatable bonds is 4. The highest BCUT2D eigenvalue weighted by Gasteiger charge is 2.08. The van der Waals surface area contributed by atoms with Crippen LogP contribution in [-0.2, 0) is 12.8 Å². The number of aryl methyl sites for hydroxylation is 3. The number of nitrogens with one attached hydrogen (secondary N) is 1. The summed E-state index contributed by atoms with van der Waals surface area (Å²) in [6.07, 6.45) is 1.47. The van der Waals surface area contributed by atoms with Crippen LogP contribution in [0, 0.1) is 12.7 Å². The second-order valence-corrected chi connectivity index (χ2v) is 3.91. The molecule has 4 heteroatoms. The molecule has 90 valence electrons. The molecule has 0 saturated carbocycles. The van der Waals surface area contributed by atoms with Crippen LogP contribution in [0.4, 0.5) is 10.4 Å². The second kappa shape index (κ2) is 4.99. The summed E-state index contributed by atoms with van der Waals surface area (Å²) in [6.45, 7) is 1.91. The third-order valence-electron chi connectivity index (χ3n) is 2.64. The summed E-state index contributed by atoms with van der Waals surface area (Å²) in [4.78, 5) is 4.21. The Bertz CT molecular complexity index is 508. The van der Waals surface area contributed by atoms with Crippen molar-refractivity contribution in [3.05, 3.63) is 47.1 Å². The summed E-state index contributed by atoms with van der Waals surface area (Å²) in [6, 6.07) is 7.15. The van der Waals surface area contributed by atoms with E-state index in [-0.39, 0.29) is 5.82 Å². The molecule has 3 nitrogen and oxygen atoms in total. The number of hydrogen-bond donors (Lipinski definition) is 1. The van der Waals surface area contributed by atoms with Gasteiger partial charge in [-0.25, -0.2) is 4.39 Å². The van der Waals surface area contributed by atoms with Gasteiger partial charge in [-0.2, -0.15) is 4.98 Å². The lowest BCUT2D eigenvalue weighted by Gasteiger charge is -2.00. The Morgan fingerprint density at radius 3 is 2.82 bits per heavy atom. The van der Waals surface area contributed by atoms with Gasteiger partial charge in [-0.3, -0.25) is 0 Å². The summed E-state index contributed by atoms with van der Waals surface area (Å²) in [5.74, 6) is 0.645. The molecule has 0 saturated heterocycles. The van der Waals surface area contributed by atoms with E-state index < -0.39 is 0 Å². The van der Waals surface area contributed by atoms with Gasteiger partial charge in [-0.05, 0) is 31.0 Å². The fourth-order valence-electron chi connectivity index (χ4n) is 1.72. The Morgan fingerprint density at radius 2 is 2.18 bits per heavy atom. The van der Waals surface area contributed by atoms with Crippen LogP contribution in [0.5, 0.6) is 0 Å². The smallest absolute Gasteiger partial charge is 0.294 e. The first-order valence-corrected chi connectivity index (χ1v) is 5.57. The molecule has 1 heterocycles. The normalized spacial score (nSPS) is 10.5. The van der Waals surface area contributed by atoms with E-state index >= 15 is 0 Å². The number of aromatic nitrogens is 1. The maximum absolute atomic E-state index is 13.0. The van der Waals surface area contributed by atoms with Gasteiger partial charge in [0.15, 0.2) is 0 Å². The zero-order valence-corrected chi connectivity index (χ0v) is 9.96. The largest absolute Gasteiger partial charge is 0.428 e. The quantitative estimate of drug-likeness (QED) is 0.883. The van der Waals surface area contributed by atoms with Crippen molar-refractivity contribution in [2.45, 2.75) is 19.8 Å². The molecule has 0 fully saturated rings. The Kier molecular flexibility index (Phi) is 3.42. The molecule has 0 radical (unpaired) electrons. The Hall–Kier alpha value is -1.84. The molecule has 0 unspecified atom stereocenters. The summed E-state index contributed by atoms with van der Waals surface area (Å²) in [5, 5.41) is 2.86. The predicted molar refractivity (Wildman–Crippen MR) is 64.6 cm³/mol. The first-order valence-electron chi connectivity index (χ1n) is 5.57. The lowest BCUT2D eigenvalue weighted by molar-refractivity contribution is 0.515. The van der Waals surface area contributed by atoms with Crippen molar-refractivity contribution in [1.29, 1.82) is 0 Å². The molecule has 0 spiro atoms. The number of anilines is 1. The number of hydrogen-bond acceptors (Lipinski definition) is 3. The Balaban J connectivity index is 2.04. The van der Waals surface area contributed by atoms with Gasteiger partial charge in [0.25, 0.3) is 6.01 Å². The van der Waals surface area contributed by atoms with Crippen LogP contribution in [-0.4, -0.2) is 12.0 Å². The van der Waals surface area contributed by atoms with Crippen LogP contribution in [0.15, 0.2) is 28.7 Å². The Labute approximate surface area is 99.7 Å². The number of benzene rings is 1. The minimum atomic E-state index is -0.201. The molecule has 0 amide bonds. The van der Waals surface area contributed by atoms with E-state index in [1.54, 1.807) is 19.2 Å². The first kappa shape index (κ1) is 11.6. The second-order valence-electron chi connectivity index (χ2n) is 3.91. The summed E-state index contributed by atoms with van der Waals surface area (Å²) < 4.78 is 18.5. The monoisotopic (exact) mass is 234 g/mol. The van der Waals surface area contributed by atoms with Crippen LogP contribution in [0.1, 0.15) is 17.0 Å². The lowest BCUT2D eigenvalue weighted by atomic mass is 10.1. The molecule has 1 aromatic heterocycles. The van der Waals surface area contributed by atoms with Gasteiger partial charge in [0.1, 0.15) is 11.6 Å². The van der Waals surface area contributed by atoms with Crippen molar-refractivity contribution in [3.63, 3.8) is 0 Å². The van der Waals surface area contributed by atoms with Crippen LogP contribution in [0.3, 0.4) is 0 Å². The molecule has 2 aromatic rings. The van der Waals surface area contributed by atoms with Crippen LogP contribution < -0.4 is 5.32 Å². The maximum Gasteiger partial charge on any atom is 0.294 e. The average molecular weight is 234 g/mol. The van der Waals surface area contributed by atoms with Crippen molar-refractivity contribution in [2.24, 2.45) is 0 Å². The third-order valence-corrected chi connectivity index (χ3v) is 2.64. The number of halogens is 1. The highest BCUT2D eigenvalue weighted by molar-refractivity contribution is 5.25. The van der Waals surface area contributed by atoms with E-state index in [4.69, 9.17) is 4.42 Å². The van der Waals surface area contributed by atoms with Crippen molar-refractivity contribution in [2.75, 3.05) is 12.4 Å². The SMILES string of the molecule is CNc1nc(C)c(CCc2cccc(F)c2)o1. The summed E-state index contributed by atoms with van der Waals surface area (Å²) in [7, 11) is 1.77. The molecule has 0 aliphatic heterocycles. The molecule has 2 rings (SSSR count). The molecular formula is C13H15FN2O. The predicted octanol–water partition coefficient (Wildman–Crippen LogP) is 2.95. The van der Waals surface area contributed by atoms with Gasteiger partial charge in [0, 0.05) is 13.5 Å². The van der Waals surface area contributed by atoms with Crippen molar-refractivity contribution in [3.8, 4) is 0 Å². The molecule has 0 aliphatic rings. The zero-order chi connectivity index (χ0) is 12.3. The van der Waals surface area contributed by atoms with E-state index in [1.807, 2.05) is 13.0 Å². The standard InChI is InChI=1S/C13H15FN2O/c1-9-12(17-13(15-2)16-9)7-6-10-4-3-5-11(14)8-10/h3-5,8H,6-7H2,1-2H3,(H,15,16). The van der Waals surface area contributed by atoms with Gasteiger partial charge in [0.05, 0.1) is 5.69 Å². The van der Waals surface area contributed by atoms with Gasteiger partial charge >= 0.3 is 0 Å². The van der Waals surface area contributed by atoms with Gasteiger partial charge in [-0.1, -0.05) is 12.1 Å². The summed E-state index contributed by atoms with van der Waals surface area (Å²) >= 11 is 0. The minimum Gasteiger partial charge on any atom is -0.428 e. The minimum absolute atomic E-state index is 0.201. The number of oxazole rings is 1.